The predicted molar refractivity (Wildman–Crippen MR) is 85.7 cm³/mol. The Labute approximate surface area is 125 Å². The van der Waals surface area contributed by atoms with Gasteiger partial charge in [-0.05, 0) is 23.9 Å². The van der Waals surface area contributed by atoms with E-state index >= 15 is 0 Å². The van der Waals surface area contributed by atoms with Crippen molar-refractivity contribution in [3.63, 3.8) is 0 Å². The van der Waals surface area contributed by atoms with Crippen LogP contribution in [-0.2, 0) is 4.79 Å². The van der Waals surface area contributed by atoms with Crippen LogP contribution in [0.4, 0.5) is 0 Å². The van der Waals surface area contributed by atoms with Gasteiger partial charge in [0, 0.05) is 6.42 Å². The van der Waals surface area contributed by atoms with Gasteiger partial charge in [-0.3, -0.25) is 4.79 Å². The summed E-state index contributed by atoms with van der Waals surface area (Å²) in [6.45, 7) is 4.62. The Balaban J connectivity index is 2.97. The minimum Gasteiger partial charge on any atom is -0.281 e. The highest BCUT2D eigenvalue weighted by atomic mass is 35.5. The van der Waals surface area contributed by atoms with E-state index in [-0.39, 0.29) is 5.24 Å². The maximum Gasteiger partial charge on any atom is 0.221 e. The van der Waals surface area contributed by atoms with Gasteiger partial charge in [-0.2, -0.15) is 0 Å². The molecule has 0 heterocycles. The molecule has 0 aromatic carbocycles. The maximum atomic E-state index is 10.5. The molecule has 0 fully saturated rings. The lowest BCUT2D eigenvalue weighted by Gasteiger charge is -2.04. The first-order valence-electron chi connectivity index (χ1n) is 8.31. The van der Waals surface area contributed by atoms with Crippen molar-refractivity contribution in [2.45, 2.75) is 97.3 Å². The van der Waals surface area contributed by atoms with E-state index in [1.807, 2.05) is 0 Å². The lowest BCUT2D eigenvalue weighted by molar-refractivity contribution is -0.111. The number of unbranched alkanes of at least 4 members (excludes halogenated alkanes) is 10. The summed E-state index contributed by atoms with van der Waals surface area (Å²) in [6.07, 6.45) is 16.5. The zero-order valence-corrected chi connectivity index (χ0v) is 13.8. The van der Waals surface area contributed by atoms with Crippen molar-refractivity contribution in [1.29, 1.82) is 0 Å². The molecular weight excluding hydrogens is 256 g/mol. The Hall–Kier alpha value is -0.0400. The van der Waals surface area contributed by atoms with Crippen LogP contribution in [0.15, 0.2) is 0 Å². The normalized spacial score (nSPS) is 11.2. The molecule has 0 aliphatic heterocycles. The van der Waals surface area contributed by atoms with Crippen LogP contribution in [0.3, 0.4) is 0 Å². The van der Waals surface area contributed by atoms with Crippen molar-refractivity contribution >= 4 is 16.8 Å². The van der Waals surface area contributed by atoms with Gasteiger partial charge in [-0.1, -0.05) is 84.5 Å². The largest absolute Gasteiger partial charge is 0.281 e. The maximum absolute atomic E-state index is 10.5. The molecule has 0 aromatic rings. The van der Waals surface area contributed by atoms with Crippen LogP contribution in [0.25, 0.3) is 0 Å². The van der Waals surface area contributed by atoms with E-state index in [9.17, 15) is 4.79 Å². The van der Waals surface area contributed by atoms with E-state index in [4.69, 9.17) is 11.6 Å². The van der Waals surface area contributed by atoms with Crippen LogP contribution >= 0.6 is 11.6 Å². The molecule has 0 rings (SSSR count). The van der Waals surface area contributed by atoms with E-state index < -0.39 is 0 Å². The topological polar surface area (TPSA) is 17.1 Å². The van der Waals surface area contributed by atoms with Crippen LogP contribution in [-0.4, -0.2) is 5.24 Å². The fourth-order valence-electron chi connectivity index (χ4n) is 2.41. The number of rotatable bonds is 14. The molecule has 0 aromatic heterocycles. The molecule has 0 bridgehead atoms. The number of halogens is 1. The second-order valence-electron chi connectivity index (χ2n) is 6.18. The summed E-state index contributed by atoms with van der Waals surface area (Å²) >= 11 is 5.29. The molecule has 0 radical (unpaired) electrons. The van der Waals surface area contributed by atoms with Gasteiger partial charge in [-0.25, -0.2) is 0 Å². The lowest BCUT2D eigenvalue weighted by atomic mass is 10.0. The molecule has 0 saturated carbocycles. The molecule has 2 heteroatoms. The average molecular weight is 289 g/mol. The molecule has 0 spiro atoms. The van der Waals surface area contributed by atoms with Crippen LogP contribution in [0, 0.1) is 5.92 Å². The lowest BCUT2D eigenvalue weighted by Crippen LogP contribution is -1.88. The first kappa shape index (κ1) is 19.0. The molecule has 0 unspecified atom stereocenters. The van der Waals surface area contributed by atoms with Gasteiger partial charge in [0.15, 0.2) is 0 Å². The molecule has 0 aliphatic rings. The summed E-state index contributed by atoms with van der Waals surface area (Å²) in [6, 6.07) is 0. The molecule has 114 valence electrons. The van der Waals surface area contributed by atoms with E-state index in [1.54, 1.807) is 0 Å². The standard InChI is InChI=1S/C17H33ClO/c1-16(2)14-12-10-8-6-4-3-5-7-9-11-13-15-17(18)19/h16H,3-15H2,1-2H3. The van der Waals surface area contributed by atoms with E-state index in [0.29, 0.717) is 6.42 Å². The third kappa shape index (κ3) is 18.0. The SMILES string of the molecule is CC(C)CCCCCCCCCCCCCC(=O)Cl. The molecule has 19 heavy (non-hydrogen) atoms. The first-order valence-corrected chi connectivity index (χ1v) is 8.69. The average Bonchev–Trinajstić information content (AvgIpc) is 2.34. The molecule has 0 atom stereocenters. The molecule has 0 amide bonds. The van der Waals surface area contributed by atoms with Crippen LogP contribution < -0.4 is 0 Å². The molecule has 1 nitrogen and oxygen atoms in total. The Kier molecular flexibility index (Phi) is 14.3. The van der Waals surface area contributed by atoms with Crippen molar-refractivity contribution in [2.24, 2.45) is 5.92 Å². The summed E-state index contributed by atoms with van der Waals surface area (Å²) in [4.78, 5) is 10.5. The van der Waals surface area contributed by atoms with Gasteiger partial charge in [-0.15, -0.1) is 0 Å². The monoisotopic (exact) mass is 288 g/mol. The Bertz CT molecular complexity index is 201. The van der Waals surface area contributed by atoms with Gasteiger partial charge < -0.3 is 0 Å². The van der Waals surface area contributed by atoms with Gasteiger partial charge in [0.1, 0.15) is 0 Å². The van der Waals surface area contributed by atoms with Crippen molar-refractivity contribution in [1.82, 2.24) is 0 Å². The smallest absolute Gasteiger partial charge is 0.221 e. The molecule has 0 N–H and O–H groups in total. The zero-order valence-electron chi connectivity index (χ0n) is 13.1. The quantitative estimate of drug-likeness (QED) is 0.264. The van der Waals surface area contributed by atoms with E-state index in [1.165, 1.54) is 64.2 Å². The zero-order chi connectivity index (χ0) is 14.3. The highest BCUT2D eigenvalue weighted by Gasteiger charge is 1.97. The number of hydrogen-bond acceptors (Lipinski definition) is 1. The Morgan fingerprint density at radius 2 is 1.11 bits per heavy atom. The van der Waals surface area contributed by atoms with E-state index in [2.05, 4.69) is 13.8 Å². The summed E-state index contributed by atoms with van der Waals surface area (Å²) in [5.74, 6) is 0.870. The summed E-state index contributed by atoms with van der Waals surface area (Å²) in [5, 5.41) is -0.183. The molecule has 0 aliphatic carbocycles. The summed E-state index contributed by atoms with van der Waals surface area (Å²) in [5.41, 5.74) is 0. The van der Waals surface area contributed by atoms with E-state index in [0.717, 1.165) is 18.8 Å². The van der Waals surface area contributed by atoms with Crippen molar-refractivity contribution in [3.05, 3.63) is 0 Å². The summed E-state index contributed by atoms with van der Waals surface area (Å²) in [7, 11) is 0. The van der Waals surface area contributed by atoms with Gasteiger partial charge in [0.25, 0.3) is 0 Å². The third-order valence-corrected chi connectivity index (χ3v) is 3.84. The van der Waals surface area contributed by atoms with Crippen LogP contribution in [0.2, 0.25) is 0 Å². The molecule has 0 saturated heterocycles. The Morgan fingerprint density at radius 3 is 1.47 bits per heavy atom. The number of hydrogen-bond donors (Lipinski definition) is 0. The highest BCUT2D eigenvalue weighted by Crippen LogP contribution is 2.14. The highest BCUT2D eigenvalue weighted by molar-refractivity contribution is 6.63. The van der Waals surface area contributed by atoms with Crippen LogP contribution in [0.5, 0.6) is 0 Å². The third-order valence-electron chi connectivity index (χ3n) is 3.65. The summed E-state index contributed by atoms with van der Waals surface area (Å²) < 4.78 is 0. The fourth-order valence-corrected chi connectivity index (χ4v) is 2.54. The van der Waals surface area contributed by atoms with Crippen LogP contribution in [0.1, 0.15) is 97.3 Å². The first-order chi connectivity index (χ1) is 9.13. The second-order valence-corrected chi connectivity index (χ2v) is 6.60. The van der Waals surface area contributed by atoms with Gasteiger partial charge in [0.2, 0.25) is 5.24 Å². The van der Waals surface area contributed by atoms with Gasteiger partial charge in [0.05, 0.1) is 0 Å². The Morgan fingerprint density at radius 1 is 0.737 bits per heavy atom. The van der Waals surface area contributed by atoms with Crippen molar-refractivity contribution in [2.75, 3.05) is 0 Å². The predicted octanol–water partition coefficient (Wildman–Crippen LogP) is 6.48. The fraction of sp³-hybridized carbons (Fsp3) is 0.941. The van der Waals surface area contributed by atoms with Crippen molar-refractivity contribution in [3.8, 4) is 0 Å². The van der Waals surface area contributed by atoms with Crippen molar-refractivity contribution < 1.29 is 4.79 Å². The second kappa shape index (κ2) is 14.4. The molecular formula is C17H33ClO. The minimum atomic E-state index is -0.183. The number of carbonyl (C=O) groups is 1. The van der Waals surface area contributed by atoms with Gasteiger partial charge >= 0.3 is 0 Å². The minimum absolute atomic E-state index is 0.183. The number of carbonyl (C=O) groups excluding carboxylic acids is 1.